The maximum atomic E-state index is 12.9. The van der Waals surface area contributed by atoms with Gasteiger partial charge in [0.15, 0.2) is 11.5 Å². The lowest BCUT2D eigenvalue weighted by atomic mass is 9.66. The Balaban J connectivity index is 2.19. The Hall–Kier alpha value is -3.00. The fourth-order valence-electron chi connectivity index (χ4n) is 3.89. The smallest absolute Gasteiger partial charge is 0.313 e. The number of aliphatic hydroxyl groups is 1. The maximum Gasteiger partial charge on any atom is 0.313 e. The summed E-state index contributed by atoms with van der Waals surface area (Å²) in [6.07, 6.45) is 1.56. The SMILES string of the molecule is C=CCOC(=O)[C@@H]1[C@H](c2ccc(OC)c(OC)c2)c2c([nH][nH]c2=O)C[C@@]1(C)O. The average Bonchev–Trinajstić information content (AvgIpc) is 3.03. The van der Waals surface area contributed by atoms with Gasteiger partial charge in [-0.15, -0.1) is 0 Å². The molecule has 1 aliphatic carbocycles. The van der Waals surface area contributed by atoms with E-state index in [1.165, 1.54) is 20.3 Å². The molecule has 0 aliphatic heterocycles. The van der Waals surface area contributed by atoms with Gasteiger partial charge in [-0.3, -0.25) is 14.7 Å². The molecule has 3 rings (SSSR count). The van der Waals surface area contributed by atoms with E-state index >= 15 is 0 Å². The van der Waals surface area contributed by atoms with E-state index in [4.69, 9.17) is 14.2 Å². The molecule has 3 N–H and O–H groups in total. The number of esters is 1. The van der Waals surface area contributed by atoms with Crippen LogP contribution in [0.3, 0.4) is 0 Å². The van der Waals surface area contributed by atoms with Gasteiger partial charge in [-0.25, -0.2) is 0 Å². The van der Waals surface area contributed by atoms with E-state index in [2.05, 4.69) is 16.8 Å². The number of carbonyl (C=O) groups is 1. The third-order valence-corrected chi connectivity index (χ3v) is 5.11. The van der Waals surface area contributed by atoms with Gasteiger partial charge in [-0.05, 0) is 24.6 Å². The molecule has 150 valence electrons. The standard InChI is InChI=1S/C20H24N2O6/c1-5-8-28-19(24)17-15(11-6-7-13(26-3)14(9-11)27-4)16-12(10-20(17,2)25)21-22-18(16)23/h5-7,9,15,17,25H,1,8,10H2,2-4H3,(H2,21,22,23)/t15-,17+,20-/m1/s1. The highest BCUT2D eigenvalue weighted by atomic mass is 16.5. The quantitative estimate of drug-likeness (QED) is 0.511. The van der Waals surface area contributed by atoms with Gasteiger partial charge in [0.05, 0.1) is 25.7 Å². The van der Waals surface area contributed by atoms with Crippen LogP contribution in [-0.2, 0) is 16.0 Å². The van der Waals surface area contributed by atoms with Crippen molar-refractivity contribution in [3.05, 3.63) is 58.0 Å². The second-order valence-corrected chi connectivity index (χ2v) is 6.99. The number of aromatic amines is 2. The lowest BCUT2D eigenvalue weighted by molar-refractivity contribution is -0.158. The summed E-state index contributed by atoms with van der Waals surface area (Å²) in [5, 5.41) is 16.5. The van der Waals surface area contributed by atoms with Gasteiger partial charge in [0.2, 0.25) is 0 Å². The minimum Gasteiger partial charge on any atom is -0.493 e. The summed E-state index contributed by atoms with van der Waals surface area (Å²) in [5.74, 6) is -1.35. The Bertz CT molecular complexity index is 942. The van der Waals surface area contributed by atoms with E-state index < -0.39 is 23.4 Å². The first-order valence-corrected chi connectivity index (χ1v) is 8.85. The van der Waals surface area contributed by atoms with Crippen molar-refractivity contribution in [3.63, 3.8) is 0 Å². The monoisotopic (exact) mass is 388 g/mol. The molecule has 1 aromatic carbocycles. The molecule has 8 heteroatoms. The summed E-state index contributed by atoms with van der Waals surface area (Å²) in [6, 6.07) is 5.15. The molecule has 0 fully saturated rings. The van der Waals surface area contributed by atoms with Crippen molar-refractivity contribution in [3.8, 4) is 11.5 Å². The zero-order chi connectivity index (χ0) is 20.5. The third kappa shape index (κ3) is 3.31. The van der Waals surface area contributed by atoms with E-state index in [9.17, 15) is 14.7 Å². The van der Waals surface area contributed by atoms with E-state index in [-0.39, 0.29) is 18.6 Å². The number of methoxy groups -OCH3 is 2. The molecular formula is C20H24N2O6. The summed E-state index contributed by atoms with van der Waals surface area (Å²) in [6.45, 7) is 5.12. The van der Waals surface area contributed by atoms with Crippen LogP contribution in [0.4, 0.5) is 0 Å². The Morgan fingerprint density at radius 1 is 1.32 bits per heavy atom. The first-order valence-electron chi connectivity index (χ1n) is 8.85. The molecule has 0 amide bonds. The maximum absolute atomic E-state index is 12.9. The van der Waals surface area contributed by atoms with Crippen LogP contribution in [-0.4, -0.2) is 47.7 Å². The minimum atomic E-state index is -1.44. The third-order valence-electron chi connectivity index (χ3n) is 5.11. The van der Waals surface area contributed by atoms with Gasteiger partial charge in [0, 0.05) is 23.6 Å². The lowest BCUT2D eigenvalue weighted by Crippen LogP contribution is -2.50. The molecule has 0 saturated carbocycles. The van der Waals surface area contributed by atoms with Crippen molar-refractivity contribution in [1.82, 2.24) is 10.2 Å². The Morgan fingerprint density at radius 2 is 2.04 bits per heavy atom. The second kappa shape index (κ2) is 7.55. The van der Waals surface area contributed by atoms with Gasteiger partial charge in [0.1, 0.15) is 6.61 Å². The van der Waals surface area contributed by atoms with Crippen molar-refractivity contribution < 1.29 is 24.1 Å². The van der Waals surface area contributed by atoms with Crippen molar-refractivity contribution >= 4 is 5.97 Å². The number of H-pyrrole nitrogens is 2. The number of hydrogen-bond acceptors (Lipinski definition) is 6. The first-order chi connectivity index (χ1) is 13.3. The topological polar surface area (TPSA) is 114 Å². The summed E-state index contributed by atoms with van der Waals surface area (Å²) >= 11 is 0. The predicted octanol–water partition coefficient (Wildman–Crippen LogP) is 1.50. The number of ether oxygens (including phenoxy) is 3. The number of carbonyl (C=O) groups excluding carboxylic acids is 1. The van der Waals surface area contributed by atoms with Gasteiger partial charge < -0.3 is 24.4 Å². The number of hydrogen-bond donors (Lipinski definition) is 3. The highest BCUT2D eigenvalue weighted by molar-refractivity contribution is 5.77. The summed E-state index contributed by atoms with van der Waals surface area (Å²) in [5.41, 5.74) is -0.188. The summed E-state index contributed by atoms with van der Waals surface area (Å²) < 4.78 is 15.9. The number of aromatic nitrogens is 2. The van der Waals surface area contributed by atoms with Crippen LogP contribution >= 0.6 is 0 Å². The molecule has 0 spiro atoms. The van der Waals surface area contributed by atoms with Crippen LogP contribution in [0.1, 0.15) is 29.7 Å². The molecule has 0 saturated heterocycles. The molecular weight excluding hydrogens is 364 g/mol. The highest BCUT2D eigenvalue weighted by Crippen LogP contribution is 2.46. The minimum absolute atomic E-state index is 0.0143. The molecule has 1 heterocycles. The van der Waals surface area contributed by atoms with Gasteiger partial charge in [-0.1, -0.05) is 18.7 Å². The van der Waals surface area contributed by atoms with E-state index in [0.717, 1.165) is 0 Å². The van der Waals surface area contributed by atoms with Gasteiger partial charge in [0.25, 0.3) is 5.56 Å². The number of rotatable bonds is 6. The highest BCUT2D eigenvalue weighted by Gasteiger charge is 2.51. The summed E-state index contributed by atoms with van der Waals surface area (Å²) in [4.78, 5) is 25.4. The molecule has 1 aliphatic rings. The van der Waals surface area contributed by atoms with Crippen LogP contribution in [0.2, 0.25) is 0 Å². The average molecular weight is 388 g/mol. The fourth-order valence-corrected chi connectivity index (χ4v) is 3.89. The largest absolute Gasteiger partial charge is 0.493 e. The van der Waals surface area contributed by atoms with E-state index in [1.54, 1.807) is 25.1 Å². The van der Waals surface area contributed by atoms with Crippen molar-refractivity contribution in [2.24, 2.45) is 5.92 Å². The normalized spacial score (nSPS) is 23.6. The van der Waals surface area contributed by atoms with Crippen molar-refractivity contribution in [2.45, 2.75) is 24.9 Å². The molecule has 28 heavy (non-hydrogen) atoms. The van der Waals surface area contributed by atoms with Crippen molar-refractivity contribution in [2.75, 3.05) is 20.8 Å². The van der Waals surface area contributed by atoms with Gasteiger partial charge >= 0.3 is 5.97 Å². The number of fused-ring (bicyclic) bond motifs is 1. The molecule has 0 unspecified atom stereocenters. The zero-order valence-electron chi connectivity index (χ0n) is 16.1. The molecule has 2 aromatic rings. The predicted molar refractivity (Wildman–Crippen MR) is 102 cm³/mol. The fraction of sp³-hybridized carbons (Fsp3) is 0.400. The number of benzene rings is 1. The van der Waals surface area contributed by atoms with Crippen LogP contribution < -0.4 is 15.0 Å². The van der Waals surface area contributed by atoms with Crippen LogP contribution in [0.25, 0.3) is 0 Å². The zero-order valence-corrected chi connectivity index (χ0v) is 16.1. The molecule has 0 radical (unpaired) electrons. The molecule has 8 nitrogen and oxygen atoms in total. The molecule has 1 aromatic heterocycles. The number of nitrogens with one attached hydrogen (secondary N) is 2. The first kappa shape index (κ1) is 19.8. The Labute approximate surface area is 162 Å². The van der Waals surface area contributed by atoms with Crippen LogP contribution in [0.5, 0.6) is 11.5 Å². The van der Waals surface area contributed by atoms with Crippen LogP contribution in [0.15, 0.2) is 35.6 Å². The van der Waals surface area contributed by atoms with Crippen molar-refractivity contribution in [1.29, 1.82) is 0 Å². The van der Waals surface area contributed by atoms with Gasteiger partial charge in [-0.2, -0.15) is 0 Å². The lowest BCUT2D eigenvalue weighted by Gasteiger charge is -2.40. The van der Waals surface area contributed by atoms with E-state index in [0.29, 0.717) is 28.3 Å². The van der Waals surface area contributed by atoms with E-state index in [1.807, 2.05) is 0 Å². The summed E-state index contributed by atoms with van der Waals surface area (Å²) in [7, 11) is 3.02. The Kier molecular flexibility index (Phi) is 5.33. The second-order valence-electron chi connectivity index (χ2n) is 6.99. The molecule has 0 bridgehead atoms. The Morgan fingerprint density at radius 3 is 2.68 bits per heavy atom. The molecule has 3 atom stereocenters. The van der Waals surface area contributed by atoms with Crippen LogP contribution in [0, 0.1) is 5.92 Å².